The van der Waals surface area contributed by atoms with Gasteiger partial charge in [-0.25, -0.2) is 0 Å². The van der Waals surface area contributed by atoms with Crippen molar-refractivity contribution in [2.75, 3.05) is 5.75 Å². The topological polar surface area (TPSA) is 40.9 Å². The van der Waals surface area contributed by atoms with Crippen molar-refractivity contribution < 1.29 is 4.21 Å². The van der Waals surface area contributed by atoms with Gasteiger partial charge in [0.25, 0.3) is 0 Å². The molecule has 0 radical (unpaired) electrons. The van der Waals surface area contributed by atoms with Gasteiger partial charge in [0, 0.05) is 33.7 Å². The highest BCUT2D eigenvalue weighted by Crippen LogP contribution is 2.12. The van der Waals surface area contributed by atoms with Gasteiger partial charge in [-0.2, -0.15) is 5.26 Å². The molecule has 1 aromatic carbocycles. The zero-order valence-electron chi connectivity index (χ0n) is 8.28. The van der Waals surface area contributed by atoms with Crippen LogP contribution in [-0.4, -0.2) is 9.96 Å². The van der Waals surface area contributed by atoms with Crippen LogP contribution >= 0.6 is 11.6 Å². The average molecular weight is 242 g/mol. The molecule has 0 aliphatic rings. The van der Waals surface area contributed by atoms with E-state index < -0.39 is 10.8 Å². The summed E-state index contributed by atoms with van der Waals surface area (Å²) in [5.41, 5.74) is 0.984. The lowest BCUT2D eigenvalue weighted by Gasteiger charge is -2.01. The fourth-order valence-electron chi connectivity index (χ4n) is 1.20. The summed E-state index contributed by atoms with van der Waals surface area (Å²) in [5.74, 6) is 1.10. The Balaban J connectivity index is 2.42. The minimum Gasteiger partial charge on any atom is -0.259 e. The molecule has 0 amide bonds. The van der Waals surface area contributed by atoms with Crippen LogP contribution in [0.15, 0.2) is 24.3 Å². The van der Waals surface area contributed by atoms with Crippen LogP contribution in [0.2, 0.25) is 5.02 Å². The molecule has 2 nitrogen and oxygen atoms in total. The van der Waals surface area contributed by atoms with Crippen molar-refractivity contribution in [2.45, 2.75) is 18.6 Å². The lowest BCUT2D eigenvalue weighted by molar-refractivity contribution is 0.680. The summed E-state index contributed by atoms with van der Waals surface area (Å²) in [6.45, 7) is 0. The molecule has 0 aliphatic carbocycles. The number of unbranched alkanes of at least 4 members (excludes halogenated alkanes) is 1. The first-order valence-electron chi connectivity index (χ1n) is 4.69. The Labute approximate surface area is 97.3 Å². The summed E-state index contributed by atoms with van der Waals surface area (Å²) in [6.07, 6.45) is 1.17. The van der Waals surface area contributed by atoms with E-state index in [1.807, 2.05) is 24.3 Å². The quantitative estimate of drug-likeness (QED) is 0.744. The first-order chi connectivity index (χ1) is 7.22. The van der Waals surface area contributed by atoms with Crippen molar-refractivity contribution in [3.63, 3.8) is 0 Å². The SMILES string of the molecule is N#CCCCS(=O)Cc1cccc(Cl)c1. The van der Waals surface area contributed by atoms with Crippen molar-refractivity contribution in [1.29, 1.82) is 5.26 Å². The summed E-state index contributed by atoms with van der Waals surface area (Å²) in [7, 11) is -0.891. The number of benzene rings is 1. The second-order valence-corrected chi connectivity index (χ2v) is 5.19. The molecule has 15 heavy (non-hydrogen) atoms. The average Bonchev–Trinajstić information content (AvgIpc) is 2.18. The molecule has 4 heteroatoms. The molecule has 0 aliphatic heterocycles. The smallest absolute Gasteiger partial charge is 0.0622 e. The maximum Gasteiger partial charge on any atom is 0.0622 e. The Bertz CT molecular complexity index is 386. The zero-order chi connectivity index (χ0) is 11.1. The van der Waals surface area contributed by atoms with E-state index in [2.05, 4.69) is 0 Å². The zero-order valence-corrected chi connectivity index (χ0v) is 9.85. The fourth-order valence-corrected chi connectivity index (χ4v) is 2.57. The normalized spacial score (nSPS) is 12.0. The van der Waals surface area contributed by atoms with Gasteiger partial charge < -0.3 is 0 Å². The number of hydrogen-bond acceptors (Lipinski definition) is 2. The number of halogens is 1. The molecular formula is C11H12ClNOS. The highest BCUT2D eigenvalue weighted by atomic mass is 35.5. The molecule has 0 fully saturated rings. The van der Waals surface area contributed by atoms with Crippen LogP contribution < -0.4 is 0 Å². The van der Waals surface area contributed by atoms with Crippen molar-refractivity contribution in [3.8, 4) is 6.07 Å². The third-order valence-electron chi connectivity index (χ3n) is 1.88. The number of nitrogens with zero attached hydrogens (tertiary/aromatic N) is 1. The van der Waals surface area contributed by atoms with Crippen molar-refractivity contribution in [3.05, 3.63) is 34.9 Å². The third kappa shape index (κ3) is 4.96. The van der Waals surface area contributed by atoms with E-state index in [0.29, 0.717) is 29.4 Å². The molecule has 0 spiro atoms. The molecule has 1 unspecified atom stereocenters. The van der Waals surface area contributed by atoms with E-state index in [4.69, 9.17) is 16.9 Å². The second kappa shape index (κ2) is 6.60. The van der Waals surface area contributed by atoms with Crippen molar-refractivity contribution in [1.82, 2.24) is 0 Å². The molecule has 0 saturated carbocycles. The molecule has 80 valence electrons. The van der Waals surface area contributed by atoms with Gasteiger partial charge in [0.1, 0.15) is 0 Å². The Kier molecular flexibility index (Phi) is 5.38. The summed E-state index contributed by atoms with van der Waals surface area (Å²) >= 11 is 5.81. The predicted molar refractivity (Wildman–Crippen MR) is 63.0 cm³/mol. The molecule has 0 bridgehead atoms. The molecule has 1 rings (SSSR count). The Hall–Kier alpha value is -0.850. The maximum atomic E-state index is 11.6. The van der Waals surface area contributed by atoms with Gasteiger partial charge in [0.05, 0.1) is 6.07 Å². The molecule has 1 aromatic rings. The van der Waals surface area contributed by atoms with E-state index in [1.54, 1.807) is 6.07 Å². The molecule has 0 aromatic heterocycles. The van der Waals surface area contributed by atoms with E-state index in [1.165, 1.54) is 0 Å². The van der Waals surface area contributed by atoms with Crippen LogP contribution in [0.25, 0.3) is 0 Å². The molecule has 1 atom stereocenters. The van der Waals surface area contributed by atoms with Crippen molar-refractivity contribution >= 4 is 22.4 Å². The second-order valence-electron chi connectivity index (χ2n) is 3.18. The van der Waals surface area contributed by atoms with Crippen molar-refractivity contribution in [2.24, 2.45) is 0 Å². The highest BCUT2D eigenvalue weighted by Gasteiger charge is 2.02. The third-order valence-corrected chi connectivity index (χ3v) is 3.51. The first kappa shape index (κ1) is 12.2. The molecule has 0 heterocycles. The van der Waals surface area contributed by atoms with Gasteiger partial charge in [-0.3, -0.25) is 4.21 Å². The monoisotopic (exact) mass is 241 g/mol. The van der Waals surface area contributed by atoms with Crippen LogP contribution in [0, 0.1) is 11.3 Å². The van der Waals surface area contributed by atoms with Crippen LogP contribution in [0.4, 0.5) is 0 Å². The summed E-state index contributed by atoms with van der Waals surface area (Å²) < 4.78 is 11.6. The van der Waals surface area contributed by atoms with E-state index in [0.717, 1.165) is 5.56 Å². The van der Waals surface area contributed by atoms with Gasteiger partial charge >= 0.3 is 0 Å². The van der Waals surface area contributed by atoms with Gasteiger partial charge in [0.15, 0.2) is 0 Å². The van der Waals surface area contributed by atoms with Gasteiger partial charge in [-0.1, -0.05) is 23.7 Å². The van der Waals surface area contributed by atoms with E-state index in [9.17, 15) is 4.21 Å². The van der Waals surface area contributed by atoms with Crippen LogP contribution in [0.5, 0.6) is 0 Å². The number of hydrogen-bond donors (Lipinski definition) is 0. The summed E-state index contributed by atoms with van der Waals surface area (Å²) in [5, 5.41) is 9.01. The first-order valence-corrected chi connectivity index (χ1v) is 6.55. The Morgan fingerprint density at radius 1 is 1.47 bits per heavy atom. The minimum atomic E-state index is -0.891. The minimum absolute atomic E-state index is 0.473. The maximum absolute atomic E-state index is 11.6. The number of rotatable bonds is 5. The van der Waals surface area contributed by atoms with E-state index in [-0.39, 0.29) is 0 Å². The van der Waals surface area contributed by atoms with Crippen LogP contribution in [0.3, 0.4) is 0 Å². The summed E-state index contributed by atoms with van der Waals surface area (Å²) in [6, 6.07) is 9.42. The molecular weight excluding hydrogens is 230 g/mol. The molecule has 0 saturated heterocycles. The summed E-state index contributed by atoms with van der Waals surface area (Å²) in [4.78, 5) is 0. The molecule has 0 N–H and O–H groups in total. The number of nitriles is 1. The van der Waals surface area contributed by atoms with Gasteiger partial charge in [-0.15, -0.1) is 0 Å². The largest absolute Gasteiger partial charge is 0.259 e. The van der Waals surface area contributed by atoms with E-state index >= 15 is 0 Å². The Morgan fingerprint density at radius 3 is 2.93 bits per heavy atom. The van der Waals surface area contributed by atoms with Crippen LogP contribution in [0.1, 0.15) is 18.4 Å². The lowest BCUT2D eigenvalue weighted by atomic mass is 10.2. The highest BCUT2D eigenvalue weighted by molar-refractivity contribution is 7.84. The predicted octanol–water partition coefficient (Wildman–Crippen LogP) is 2.89. The van der Waals surface area contributed by atoms with Gasteiger partial charge in [-0.05, 0) is 24.1 Å². The lowest BCUT2D eigenvalue weighted by Crippen LogP contribution is -2.00. The Morgan fingerprint density at radius 2 is 2.27 bits per heavy atom. The fraction of sp³-hybridized carbons (Fsp3) is 0.364. The van der Waals surface area contributed by atoms with Gasteiger partial charge in [0.2, 0.25) is 0 Å². The standard InChI is InChI=1S/C11H12ClNOS/c12-11-5-3-4-10(8-11)9-15(14)7-2-1-6-13/h3-5,8H,1-2,7,9H2. The van der Waals surface area contributed by atoms with Crippen LogP contribution in [-0.2, 0) is 16.6 Å².